The van der Waals surface area contributed by atoms with Gasteiger partial charge in [-0.25, -0.2) is 13.8 Å². The average Bonchev–Trinajstić information content (AvgIpc) is 2.70. The Morgan fingerprint density at radius 2 is 2.03 bits per heavy atom. The van der Waals surface area contributed by atoms with E-state index in [9.17, 15) is 18.8 Å². The van der Waals surface area contributed by atoms with E-state index in [0.717, 1.165) is 0 Å². The Hall–Kier alpha value is -2.79. The lowest BCUT2D eigenvalue weighted by atomic mass is 9.89. The highest BCUT2D eigenvalue weighted by molar-refractivity contribution is 6.28. The van der Waals surface area contributed by atoms with Crippen molar-refractivity contribution in [3.63, 3.8) is 0 Å². The lowest BCUT2D eigenvalue weighted by Gasteiger charge is -2.46. The lowest BCUT2D eigenvalue weighted by molar-refractivity contribution is -0.119. The number of amides is 1. The number of carbonyl (C=O) groups is 1. The van der Waals surface area contributed by atoms with Crippen LogP contribution in [-0.2, 0) is 4.79 Å². The third-order valence-corrected chi connectivity index (χ3v) is 5.70. The van der Waals surface area contributed by atoms with Crippen molar-refractivity contribution >= 4 is 34.7 Å². The molecule has 1 atom stereocenters. The third kappa shape index (κ3) is 3.51. The van der Waals surface area contributed by atoms with Gasteiger partial charge in [0.1, 0.15) is 11.7 Å². The fraction of sp³-hybridized carbons (Fsp3) is 0.400. The monoisotopic (exact) mass is 417 g/mol. The second kappa shape index (κ2) is 7.23. The molecule has 4 rings (SSSR count). The first kappa shape index (κ1) is 19.5. The number of alkyl halides is 2. The predicted molar refractivity (Wildman–Crippen MR) is 104 cm³/mol. The molecule has 0 radical (unpaired) electrons. The molecule has 1 fully saturated rings. The molecule has 1 aliphatic carbocycles. The van der Waals surface area contributed by atoms with Crippen molar-refractivity contribution in [3.8, 4) is 6.07 Å². The summed E-state index contributed by atoms with van der Waals surface area (Å²) >= 11 is 6.04. The summed E-state index contributed by atoms with van der Waals surface area (Å²) in [6, 6.07) is 7.86. The molecule has 2 heterocycles. The third-order valence-electron chi connectivity index (χ3n) is 5.51. The van der Waals surface area contributed by atoms with Crippen molar-refractivity contribution in [1.82, 2.24) is 9.97 Å². The average molecular weight is 418 g/mol. The van der Waals surface area contributed by atoms with Crippen LogP contribution < -0.4 is 9.80 Å². The number of anilines is 3. The standard InChI is InChI=1S/C20H18ClF2N5O/c1-12-18(29)28(15-4-2-3-13(9-15)10-24)16-11-25-19(21)26-17(16)27(12)14-5-7-20(22,23)8-6-14/h2-4,9,11-12,14H,5-8H2,1H3/t12-/m1/s1. The first-order valence-electron chi connectivity index (χ1n) is 9.33. The minimum absolute atomic E-state index is 0.0159. The zero-order valence-electron chi connectivity index (χ0n) is 15.6. The van der Waals surface area contributed by atoms with Gasteiger partial charge in [0.05, 0.1) is 23.5 Å². The molecule has 9 heteroatoms. The smallest absolute Gasteiger partial charge is 0.254 e. The molecule has 0 N–H and O–H groups in total. The van der Waals surface area contributed by atoms with Crippen LogP contribution >= 0.6 is 11.6 Å². The maximum atomic E-state index is 13.7. The fourth-order valence-corrected chi connectivity index (χ4v) is 4.20. The molecule has 150 valence electrons. The van der Waals surface area contributed by atoms with Gasteiger partial charge in [-0.2, -0.15) is 10.2 Å². The van der Waals surface area contributed by atoms with Gasteiger partial charge in [0.15, 0.2) is 5.82 Å². The van der Waals surface area contributed by atoms with E-state index >= 15 is 0 Å². The fourth-order valence-electron chi connectivity index (χ4n) is 4.07. The number of aromatic nitrogens is 2. The molecule has 0 spiro atoms. The molecule has 1 amide bonds. The quantitative estimate of drug-likeness (QED) is 0.675. The first-order chi connectivity index (χ1) is 13.8. The number of rotatable bonds is 2. The van der Waals surface area contributed by atoms with Crippen molar-refractivity contribution in [2.45, 2.75) is 50.6 Å². The Kier molecular flexibility index (Phi) is 4.87. The molecule has 0 saturated heterocycles. The van der Waals surface area contributed by atoms with Crippen molar-refractivity contribution < 1.29 is 13.6 Å². The Morgan fingerprint density at radius 1 is 1.31 bits per heavy atom. The SMILES string of the molecule is C[C@@H]1C(=O)N(c2cccc(C#N)c2)c2cnc(Cl)nc2N1C1CCC(F)(F)CC1. The topological polar surface area (TPSA) is 73.1 Å². The summed E-state index contributed by atoms with van der Waals surface area (Å²) in [5.74, 6) is -2.47. The van der Waals surface area contributed by atoms with Crippen molar-refractivity contribution in [3.05, 3.63) is 41.3 Å². The number of hydrogen-bond acceptors (Lipinski definition) is 5. The van der Waals surface area contributed by atoms with E-state index in [1.165, 1.54) is 11.1 Å². The van der Waals surface area contributed by atoms with Gasteiger partial charge >= 0.3 is 0 Å². The van der Waals surface area contributed by atoms with Gasteiger partial charge in [0.2, 0.25) is 11.2 Å². The molecule has 1 aromatic heterocycles. The van der Waals surface area contributed by atoms with Crippen molar-refractivity contribution in [1.29, 1.82) is 5.26 Å². The van der Waals surface area contributed by atoms with Crippen LogP contribution in [0.1, 0.15) is 38.2 Å². The normalized spacial score (nSPS) is 21.6. The van der Waals surface area contributed by atoms with Crippen LogP contribution in [0.4, 0.5) is 26.0 Å². The second-order valence-electron chi connectivity index (χ2n) is 7.35. The van der Waals surface area contributed by atoms with Gasteiger partial charge in [-0.05, 0) is 49.6 Å². The van der Waals surface area contributed by atoms with Gasteiger partial charge < -0.3 is 4.90 Å². The number of halogens is 3. The predicted octanol–water partition coefficient (Wildman–Crippen LogP) is 4.45. The summed E-state index contributed by atoms with van der Waals surface area (Å²) in [5.41, 5.74) is 1.35. The first-order valence-corrected chi connectivity index (χ1v) is 9.71. The highest BCUT2D eigenvalue weighted by Gasteiger charge is 2.44. The summed E-state index contributed by atoms with van der Waals surface area (Å²) in [6.07, 6.45) is 1.53. The Bertz CT molecular complexity index is 999. The van der Waals surface area contributed by atoms with E-state index in [0.29, 0.717) is 22.8 Å². The molecule has 6 nitrogen and oxygen atoms in total. The molecule has 2 aliphatic rings. The Balaban J connectivity index is 1.79. The summed E-state index contributed by atoms with van der Waals surface area (Å²) < 4.78 is 27.3. The molecule has 0 unspecified atom stereocenters. The number of carbonyl (C=O) groups excluding carboxylic acids is 1. The molecule has 1 aliphatic heterocycles. The maximum absolute atomic E-state index is 13.7. The van der Waals surface area contributed by atoms with Gasteiger partial charge in [0, 0.05) is 18.9 Å². The zero-order chi connectivity index (χ0) is 20.8. The van der Waals surface area contributed by atoms with Gasteiger partial charge in [-0.3, -0.25) is 9.69 Å². The lowest BCUT2D eigenvalue weighted by Crippen LogP contribution is -2.56. The van der Waals surface area contributed by atoms with E-state index < -0.39 is 12.0 Å². The van der Waals surface area contributed by atoms with Gasteiger partial charge in [-0.1, -0.05) is 6.07 Å². The molecule has 0 bridgehead atoms. The summed E-state index contributed by atoms with van der Waals surface area (Å²) in [6.45, 7) is 1.73. The van der Waals surface area contributed by atoms with Gasteiger partial charge in [-0.15, -0.1) is 0 Å². The number of benzene rings is 1. The van der Waals surface area contributed by atoms with Crippen LogP contribution in [0.2, 0.25) is 5.28 Å². The number of nitrogens with zero attached hydrogens (tertiary/aromatic N) is 5. The molecular formula is C20H18ClF2N5O. The van der Waals surface area contributed by atoms with Crippen molar-refractivity contribution in [2.24, 2.45) is 0 Å². The highest BCUT2D eigenvalue weighted by Crippen LogP contribution is 2.44. The van der Waals surface area contributed by atoms with Crippen LogP contribution in [-0.4, -0.2) is 33.9 Å². The Labute approximate surface area is 171 Å². The van der Waals surface area contributed by atoms with Gasteiger partial charge in [0.25, 0.3) is 5.91 Å². The summed E-state index contributed by atoms with van der Waals surface area (Å²) in [4.78, 5) is 24.9. The molecule has 1 aromatic carbocycles. The van der Waals surface area contributed by atoms with E-state index in [1.807, 2.05) is 0 Å². The molecule has 2 aromatic rings. The highest BCUT2D eigenvalue weighted by atomic mass is 35.5. The van der Waals surface area contributed by atoms with E-state index in [4.69, 9.17) is 11.6 Å². The van der Waals surface area contributed by atoms with Crippen LogP contribution in [0.25, 0.3) is 0 Å². The van der Waals surface area contributed by atoms with Crippen molar-refractivity contribution in [2.75, 3.05) is 9.80 Å². The molecule has 1 saturated carbocycles. The van der Waals surface area contributed by atoms with E-state index in [1.54, 1.807) is 36.1 Å². The van der Waals surface area contributed by atoms with Crippen LogP contribution in [0.15, 0.2) is 30.5 Å². The number of fused-ring (bicyclic) bond motifs is 1. The van der Waals surface area contributed by atoms with Crippen LogP contribution in [0.3, 0.4) is 0 Å². The van der Waals surface area contributed by atoms with E-state index in [-0.39, 0.29) is 42.9 Å². The minimum atomic E-state index is -2.67. The number of nitriles is 1. The summed E-state index contributed by atoms with van der Waals surface area (Å²) in [5, 5.41) is 9.22. The summed E-state index contributed by atoms with van der Waals surface area (Å²) in [7, 11) is 0. The largest absolute Gasteiger partial charge is 0.340 e. The number of hydrogen-bond donors (Lipinski definition) is 0. The van der Waals surface area contributed by atoms with Crippen LogP contribution in [0.5, 0.6) is 0 Å². The Morgan fingerprint density at radius 3 is 2.72 bits per heavy atom. The maximum Gasteiger partial charge on any atom is 0.254 e. The molecule has 29 heavy (non-hydrogen) atoms. The van der Waals surface area contributed by atoms with E-state index in [2.05, 4.69) is 16.0 Å². The zero-order valence-corrected chi connectivity index (χ0v) is 16.4. The second-order valence-corrected chi connectivity index (χ2v) is 7.69. The molecular weight excluding hydrogens is 400 g/mol. The minimum Gasteiger partial charge on any atom is -0.340 e. The van der Waals surface area contributed by atoms with Crippen LogP contribution in [0, 0.1) is 11.3 Å².